The minimum Gasteiger partial charge on any atom is -0.463 e. The lowest BCUT2D eigenvalue weighted by Gasteiger charge is -2.31. The molecular weight excluding hydrogens is 375 g/mol. The second kappa shape index (κ2) is 8.73. The van der Waals surface area contributed by atoms with Crippen LogP contribution in [0.15, 0.2) is 30.6 Å². The van der Waals surface area contributed by atoms with Crippen LogP contribution >= 0.6 is 0 Å². The fourth-order valence-electron chi connectivity index (χ4n) is 3.44. The van der Waals surface area contributed by atoms with Gasteiger partial charge in [-0.25, -0.2) is 19.2 Å². The number of carbonyl (C=O) groups excluding carboxylic acids is 1. The highest BCUT2D eigenvalue weighted by Crippen LogP contribution is 2.25. The van der Waals surface area contributed by atoms with Crippen LogP contribution in [0.25, 0.3) is 11.1 Å². The summed E-state index contributed by atoms with van der Waals surface area (Å²) in [6, 6.07) is 5.53. The molecular formula is C21H25FN4O3. The standard InChI is InChI=1S/C21H25FN4O3/c22-19-15(12-27)2-1-3-18(19)16-10-23-20(24-11-16)29-13-14-6-8-26(9-7-14)21(28)25-17-4-5-17/h1-3,10-11,14,17,27H,4-9,12-13H2,(H,25,28). The summed E-state index contributed by atoms with van der Waals surface area (Å²) in [5.41, 5.74) is 1.11. The van der Waals surface area contributed by atoms with E-state index >= 15 is 0 Å². The number of nitrogens with zero attached hydrogens (tertiary/aromatic N) is 3. The molecule has 2 fully saturated rings. The monoisotopic (exact) mass is 400 g/mol. The zero-order valence-corrected chi connectivity index (χ0v) is 16.2. The molecule has 0 radical (unpaired) electrons. The van der Waals surface area contributed by atoms with Crippen LogP contribution in [0.5, 0.6) is 6.01 Å². The zero-order chi connectivity index (χ0) is 20.2. The Hall–Kier alpha value is -2.74. The second-order valence-corrected chi connectivity index (χ2v) is 7.66. The number of aromatic nitrogens is 2. The molecule has 0 atom stereocenters. The molecule has 0 spiro atoms. The van der Waals surface area contributed by atoms with Gasteiger partial charge >= 0.3 is 12.0 Å². The number of ether oxygens (including phenoxy) is 1. The number of likely N-dealkylation sites (tertiary alicyclic amines) is 1. The smallest absolute Gasteiger partial charge is 0.317 e. The van der Waals surface area contributed by atoms with Crippen molar-refractivity contribution in [3.63, 3.8) is 0 Å². The molecule has 1 saturated heterocycles. The maximum absolute atomic E-state index is 14.3. The van der Waals surface area contributed by atoms with Gasteiger partial charge in [0.05, 0.1) is 13.2 Å². The van der Waals surface area contributed by atoms with Crippen molar-refractivity contribution >= 4 is 6.03 Å². The van der Waals surface area contributed by atoms with Gasteiger partial charge in [-0.3, -0.25) is 0 Å². The summed E-state index contributed by atoms with van der Waals surface area (Å²) < 4.78 is 20.0. The number of benzene rings is 1. The highest BCUT2D eigenvalue weighted by atomic mass is 19.1. The number of aliphatic hydroxyl groups is 1. The van der Waals surface area contributed by atoms with Crippen LogP contribution < -0.4 is 10.1 Å². The Morgan fingerprint density at radius 3 is 2.59 bits per heavy atom. The van der Waals surface area contributed by atoms with Crippen molar-refractivity contribution in [2.24, 2.45) is 5.92 Å². The topological polar surface area (TPSA) is 87.6 Å². The van der Waals surface area contributed by atoms with Crippen molar-refractivity contribution in [1.29, 1.82) is 0 Å². The van der Waals surface area contributed by atoms with E-state index in [4.69, 9.17) is 4.74 Å². The van der Waals surface area contributed by atoms with Gasteiger partial charge in [-0.05, 0) is 31.6 Å². The van der Waals surface area contributed by atoms with E-state index in [2.05, 4.69) is 15.3 Å². The van der Waals surface area contributed by atoms with E-state index in [1.807, 2.05) is 4.90 Å². The molecule has 154 valence electrons. The predicted octanol–water partition coefficient (Wildman–Crippen LogP) is 2.74. The Bertz CT molecular complexity index is 850. The lowest BCUT2D eigenvalue weighted by Crippen LogP contribution is -2.45. The predicted molar refractivity (Wildman–Crippen MR) is 105 cm³/mol. The summed E-state index contributed by atoms with van der Waals surface area (Å²) in [5, 5.41) is 12.2. The molecule has 2 aromatic rings. The summed E-state index contributed by atoms with van der Waals surface area (Å²) in [5.74, 6) is -0.119. The quantitative estimate of drug-likeness (QED) is 0.779. The molecule has 2 amide bonds. The summed E-state index contributed by atoms with van der Waals surface area (Å²) in [6.45, 7) is 1.59. The van der Waals surface area contributed by atoms with Gasteiger partial charge in [0.2, 0.25) is 0 Å². The van der Waals surface area contributed by atoms with Gasteiger partial charge in [-0.15, -0.1) is 0 Å². The molecule has 1 aliphatic carbocycles. The summed E-state index contributed by atoms with van der Waals surface area (Å²) in [7, 11) is 0. The second-order valence-electron chi connectivity index (χ2n) is 7.66. The van der Waals surface area contributed by atoms with E-state index in [1.54, 1.807) is 12.1 Å². The number of hydrogen-bond donors (Lipinski definition) is 2. The first kappa shape index (κ1) is 19.6. The average Bonchev–Trinajstić information content (AvgIpc) is 3.57. The van der Waals surface area contributed by atoms with Crippen molar-refractivity contribution in [3.8, 4) is 17.1 Å². The first-order valence-corrected chi connectivity index (χ1v) is 10.0. The molecule has 29 heavy (non-hydrogen) atoms. The van der Waals surface area contributed by atoms with Crippen LogP contribution in [0.2, 0.25) is 0 Å². The molecule has 2 N–H and O–H groups in total. The first-order valence-electron chi connectivity index (χ1n) is 10.0. The maximum Gasteiger partial charge on any atom is 0.317 e. The van der Waals surface area contributed by atoms with E-state index in [1.165, 1.54) is 18.5 Å². The Balaban J connectivity index is 1.27. The molecule has 2 heterocycles. The summed E-state index contributed by atoms with van der Waals surface area (Å²) in [4.78, 5) is 22.3. The molecule has 2 aliphatic rings. The Labute approximate surface area is 168 Å². The molecule has 8 heteroatoms. The van der Waals surface area contributed by atoms with Gasteiger partial charge in [-0.2, -0.15) is 0 Å². The molecule has 1 aromatic carbocycles. The highest BCUT2D eigenvalue weighted by Gasteiger charge is 2.28. The van der Waals surface area contributed by atoms with Crippen molar-refractivity contribution in [3.05, 3.63) is 42.0 Å². The van der Waals surface area contributed by atoms with Crippen molar-refractivity contribution in [2.75, 3.05) is 19.7 Å². The van der Waals surface area contributed by atoms with Gasteiger partial charge in [-0.1, -0.05) is 18.2 Å². The summed E-state index contributed by atoms with van der Waals surface area (Å²) >= 11 is 0. The van der Waals surface area contributed by atoms with Gasteiger partial charge < -0.3 is 20.1 Å². The number of piperidine rings is 1. The van der Waals surface area contributed by atoms with Crippen LogP contribution in [-0.2, 0) is 6.61 Å². The number of rotatable bonds is 6. The lowest BCUT2D eigenvalue weighted by atomic mass is 9.98. The highest BCUT2D eigenvalue weighted by molar-refractivity contribution is 5.75. The Morgan fingerprint density at radius 2 is 1.93 bits per heavy atom. The molecule has 4 rings (SSSR count). The minimum absolute atomic E-state index is 0.0447. The van der Waals surface area contributed by atoms with E-state index in [0.29, 0.717) is 29.7 Å². The number of hydrogen-bond acceptors (Lipinski definition) is 5. The van der Waals surface area contributed by atoms with Crippen LogP contribution in [0, 0.1) is 11.7 Å². The molecule has 0 bridgehead atoms. The third kappa shape index (κ3) is 4.82. The largest absolute Gasteiger partial charge is 0.463 e. The molecule has 0 unspecified atom stereocenters. The third-order valence-corrected chi connectivity index (χ3v) is 5.44. The van der Waals surface area contributed by atoms with Crippen LogP contribution in [-0.4, -0.2) is 51.7 Å². The van der Waals surface area contributed by atoms with Gasteiger partial charge in [0.25, 0.3) is 0 Å². The molecule has 1 aliphatic heterocycles. The number of urea groups is 1. The number of carbonyl (C=O) groups is 1. The zero-order valence-electron chi connectivity index (χ0n) is 16.2. The van der Waals surface area contributed by atoms with E-state index in [9.17, 15) is 14.3 Å². The SMILES string of the molecule is O=C(NC1CC1)N1CCC(COc2ncc(-c3cccc(CO)c3F)cn2)CC1. The van der Waals surface area contributed by atoms with E-state index in [0.717, 1.165) is 38.8 Å². The molecule has 7 nitrogen and oxygen atoms in total. The fourth-order valence-corrected chi connectivity index (χ4v) is 3.44. The number of halogens is 1. The van der Waals surface area contributed by atoms with Gasteiger partial charge in [0.15, 0.2) is 0 Å². The number of aliphatic hydroxyl groups excluding tert-OH is 1. The lowest BCUT2D eigenvalue weighted by molar-refractivity contribution is 0.141. The molecule has 1 saturated carbocycles. The van der Waals surface area contributed by atoms with Crippen LogP contribution in [0.4, 0.5) is 9.18 Å². The average molecular weight is 400 g/mol. The normalized spacial score (nSPS) is 17.2. The van der Waals surface area contributed by atoms with E-state index < -0.39 is 5.82 Å². The third-order valence-electron chi connectivity index (χ3n) is 5.44. The first-order chi connectivity index (χ1) is 14.1. The van der Waals surface area contributed by atoms with Gasteiger partial charge in [0.1, 0.15) is 5.82 Å². The fraction of sp³-hybridized carbons (Fsp3) is 0.476. The Morgan fingerprint density at radius 1 is 1.21 bits per heavy atom. The maximum atomic E-state index is 14.3. The van der Waals surface area contributed by atoms with Crippen LogP contribution in [0.3, 0.4) is 0 Å². The minimum atomic E-state index is -0.468. The van der Waals surface area contributed by atoms with Gasteiger partial charge in [0, 0.05) is 48.2 Å². The van der Waals surface area contributed by atoms with Crippen molar-refractivity contribution < 1.29 is 19.0 Å². The van der Waals surface area contributed by atoms with Crippen LogP contribution in [0.1, 0.15) is 31.2 Å². The number of amides is 2. The Kier molecular flexibility index (Phi) is 5.89. The van der Waals surface area contributed by atoms with E-state index in [-0.39, 0.29) is 24.2 Å². The molecule has 1 aromatic heterocycles. The summed E-state index contributed by atoms with van der Waals surface area (Å²) in [6.07, 6.45) is 6.99. The van der Waals surface area contributed by atoms with Crippen molar-refractivity contribution in [2.45, 2.75) is 38.3 Å². The van der Waals surface area contributed by atoms with Crippen molar-refractivity contribution in [1.82, 2.24) is 20.2 Å². The number of nitrogens with one attached hydrogen (secondary N) is 1.